The summed E-state index contributed by atoms with van der Waals surface area (Å²) in [5, 5.41) is 4.18. The average Bonchev–Trinajstić information content (AvgIpc) is 2.92. The van der Waals surface area contributed by atoms with Crippen molar-refractivity contribution in [3.63, 3.8) is 0 Å². The number of aryl methyl sites for hydroxylation is 1. The summed E-state index contributed by atoms with van der Waals surface area (Å²) in [6, 6.07) is 6.16. The molecular formula is C15H19ClN4O3S. The Kier molecular flexibility index (Phi) is 5.98. The van der Waals surface area contributed by atoms with E-state index >= 15 is 0 Å². The van der Waals surface area contributed by atoms with Gasteiger partial charge in [0.15, 0.2) is 0 Å². The standard InChI is InChI=1S/C15H19ClN4O3S/c1-19(10-12-9-17-20(2)11-12)15(21)7-8-18-24(22,23)14-6-4-3-5-13(14)16/h3-6,9,11,18H,7-8,10H2,1-2H3. The number of hydrogen-bond acceptors (Lipinski definition) is 4. The molecule has 1 aromatic heterocycles. The second kappa shape index (κ2) is 7.78. The predicted molar refractivity (Wildman–Crippen MR) is 90.9 cm³/mol. The van der Waals surface area contributed by atoms with Gasteiger partial charge in [-0.25, -0.2) is 13.1 Å². The molecule has 0 bridgehead atoms. The molecule has 0 spiro atoms. The van der Waals surface area contributed by atoms with Gasteiger partial charge in [-0.1, -0.05) is 23.7 Å². The highest BCUT2D eigenvalue weighted by Gasteiger charge is 2.18. The second-order valence-corrected chi connectivity index (χ2v) is 7.49. The van der Waals surface area contributed by atoms with Gasteiger partial charge in [-0.15, -0.1) is 0 Å². The van der Waals surface area contributed by atoms with Crippen LogP contribution in [0, 0.1) is 0 Å². The average molecular weight is 371 g/mol. The molecule has 1 aromatic carbocycles. The van der Waals surface area contributed by atoms with Crippen molar-refractivity contribution >= 4 is 27.5 Å². The fourth-order valence-electron chi connectivity index (χ4n) is 2.14. The molecule has 0 atom stereocenters. The lowest BCUT2D eigenvalue weighted by molar-refractivity contribution is -0.130. The van der Waals surface area contributed by atoms with Gasteiger partial charge < -0.3 is 4.90 Å². The number of hydrogen-bond donors (Lipinski definition) is 1. The van der Waals surface area contributed by atoms with Gasteiger partial charge in [-0.2, -0.15) is 5.10 Å². The monoisotopic (exact) mass is 370 g/mol. The minimum Gasteiger partial charge on any atom is -0.341 e. The molecule has 1 heterocycles. The first-order chi connectivity index (χ1) is 11.3. The van der Waals surface area contributed by atoms with Crippen LogP contribution in [0.3, 0.4) is 0 Å². The number of nitrogens with zero attached hydrogens (tertiary/aromatic N) is 3. The first-order valence-electron chi connectivity index (χ1n) is 7.25. The van der Waals surface area contributed by atoms with Gasteiger partial charge in [-0.3, -0.25) is 9.48 Å². The van der Waals surface area contributed by atoms with Crippen molar-refractivity contribution in [2.24, 2.45) is 7.05 Å². The van der Waals surface area contributed by atoms with E-state index in [0.717, 1.165) is 5.56 Å². The number of halogens is 1. The number of sulfonamides is 1. The number of nitrogens with one attached hydrogen (secondary N) is 1. The van der Waals surface area contributed by atoms with E-state index in [9.17, 15) is 13.2 Å². The highest BCUT2D eigenvalue weighted by Crippen LogP contribution is 2.19. The molecular weight excluding hydrogens is 352 g/mol. The molecule has 0 saturated carbocycles. The van der Waals surface area contributed by atoms with Crippen LogP contribution in [0.15, 0.2) is 41.6 Å². The van der Waals surface area contributed by atoms with Gasteiger partial charge in [0, 0.05) is 45.4 Å². The number of carbonyl (C=O) groups is 1. The zero-order valence-corrected chi connectivity index (χ0v) is 15.0. The van der Waals surface area contributed by atoms with Gasteiger partial charge in [0.1, 0.15) is 4.90 Å². The minimum atomic E-state index is -3.73. The summed E-state index contributed by atoms with van der Waals surface area (Å²) in [4.78, 5) is 13.6. The zero-order valence-electron chi connectivity index (χ0n) is 13.4. The Hall–Kier alpha value is -1.90. The summed E-state index contributed by atoms with van der Waals surface area (Å²) in [6.07, 6.45) is 3.56. The van der Waals surface area contributed by atoms with Crippen LogP contribution < -0.4 is 4.72 Å². The van der Waals surface area contributed by atoms with Gasteiger partial charge in [0.25, 0.3) is 0 Å². The molecule has 7 nitrogen and oxygen atoms in total. The van der Waals surface area contributed by atoms with E-state index in [1.54, 1.807) is 37.1 Å². The number of rotatable bonds is 7. The van der Waals surface area contributed by atoms with Gasteiger partial charge >= 0.3 is 0 Å². The first kappa shape index (κ1) is 18.4. The van der Waals surface area contributed by atoms with E-state index in [0.29, 0.717) is 6.54 Å². The summed E-state index contributed by atoms with van der Waals surface area (Å²) < 4.78 is 28.4. The van der Waals surface area contributed by atoms with Crippen LogP contribution in [0.5, 0.6) is 0 Å². The molecule has 2 rings (SSSR count). The topological polar surface area (TPSA) is 84.3 Å². The lowest BCUT2D eigenvalue weighted by Gasteiger charge is -2.16. The Bertz CT molecular complexity index is 820. The number of carbonyl (C=O) groups excluding carboxylic acids is 1. The number of amides is 1. The van der Waals surface area contributed by atoms with E-state index in [1.807, 2.05) is 6.20 Å². The summed E-state index contributed by atoms with van der Waals surface area (Å²) in [5.41, 5.74) is 0.907. The molecule has 0 fully saturated rings. The lowest BCUT2D eigenvalue weighted by atomic mass is 10.3. The van der Waals surface area contributed by atoms with Gasteiger partial charge in [-0.05, 0) is 12.1 Å². The van der Waals surface area contributed by atoms with Crippen LogP contribution in [0.2, 0.25) is 5.02 Å². The molecule has 0 unspecified atom stereocenters. The highest BCUT2D eigenvalue weighted by molar-refractivity contribution is 7.89. The Balaban J connectivity index is 1.86. The molecule has 0 aliphatic carbocycles. The van der Waals surface area contributed by atoms with Crippen LogP contribution in [-0.2, 0) is 28.4 Å². The molecule has 0 aliphatic heterocycles. The van der Waals surface area contributed by atoms with Crippen LogP contribution >= 0.6 is 11.6 Å². The normalized spacial score (nSPS) is 11.5. The van der Waals surface area contributed by atoms with E-state index in [1.165, 1.54) is 17.0 Å². The smallest absolute Gasteiger partial charge is 0.242 e. The van der Waals surface area contributed by atoms with Crippen LogP contribution in [0.25, 0.3) is 0 Å². The number of benzene rings is 1. The predicted octanol–water partition coefficient (Wildman–Crippen LogP) is 1.40. The Morgan fingerprint density at radius 1 is 1.38 bits per heavy atom. The lowest BCUT2D eigenvalue weighted by Crippen LogP contribution is -2.32. The maximum absolute atomic E-state index is 12.2. The molecule has 1 N–H and O–H groups in total. The third kappa shape index (κ3) is 4.80. The molecule has 0 aliphatic rings. The maximum atomic E-state index is 12.2. The van der Waals surface area contributed by atoms with Crippen LogP contribution in [0.1, 0.15) is 12.0 Å². The third-order valence-corrected chi connectivity index (χ3v) is 5.32. The van der Waals surface area contributed by atoms with Crippen molar-refractivity contribution in [1.82, 2.24) is 19.4 Å². The molecule has 9 heteroatoms. The summed E-state index contributed by atoms with van der Waals surface area (Å²) in [7, 11) is -0.269. The molecule has 130 valence electrons. The quantitative estimate of drug-likeness (QED) is 0.798. The van der Waals surface area contributed by atoms with Crippen molar-refractivity contribution in [3.05, 3.63) is 47.2 Å². The summed E-state index contributed by atoms with van der Waals surface area (Å²) in [5.74, 6) is -0.166. The van der Waals surface area contributed by atoms with E-state index < -0.39 is 10.0 Å². The fourth-order valence-corrected chi connectivity index (χ4v) is 3.69. The van der Waals surface area contributed by atoms with E-state index in [-0.39, 0.29) is 28.8 Å². The molecule has 0 radical (unpaired) electrons. The van der Waals surface area contributed by atoms with Crippen molar-refractivity contribution in [2.75, 3.05) is 13.6 Å². The van der Waals surface area contributed by atoms with Gasteiger partial charge in [0.05, 0.1) is 11.2 Å². The Morgan fingerprint density at radius 2 is 2.08 bits per heavy atom. The molecule has 1 amide bonds. The minimum absolute atomic E-state index is 0.00262. The first-order valence-corrected chi connectivity index (χ1v) is 9.11. The van der Waals surface area contributed by atoms with Crippen molar-refractivity contribution < 1.29 is 13.2 Å². The molecule has 2 aromatic rings. The SMILES string of the molecule is CN(Cc1cnn(C)c1)C(=O)CCNS(=O)(=O)c1ccccc1Cl. The highest BCUT2D eigenvalue weighted by atomic mass is 35.5. The van der Waals surface area contributed by atoms with Crippen LogP contribution in [-0.4, -0.2) is 42.6 Å². The van der Waals surface area contributed by atoms with Gasteiger partial charge in [0.2, 0.25) is 15.9 Å². The van der Waals surface area contributed by atoms with Crippen molar-refractivity contribution in [3.8, 4) is 0 Å². The van der Waals surface area contributed by atoms with E-state index in [4.69, 9.17) is 11.6 Å². The van der Waals surface area contributed by atoms with Crippen molar-refractivity contribution in [1.29, 1.82) is 0 Å². The second-order valence-electron chi connectivity index (χ2n) is 5.35. The third-order valence-electron chi connectivity index (χ3n) is 3.36. The zero-order chi connectivity index (χ0) is 17.7. The van der Waals surface area contributed by atoms with Crippen molar-refractivity contribution in [2.45, 2.75) is 17.9 Å². The Morgan fingerprint density at radius 3 is 2.71 bits per heavy atom. The largest absolute Gasteiger partial charge is 0.341 e. The Labute approximate surface area is 146 Å². The summed E-state index contributed by atoms with van der Waals surface area (Å²) in [6.45, 7) is 0.424. The molecule has 24 heavy (non-hydrogen) atoms. The maximum Gasteiger partial charge on any atom is 0.242 e. The van der Waals surface area contributed by atoms with Crippen LogP contribution in [0.4, 0.5) is 0 Å². The fraction of sp³-hybridized carbons (Fsp3) is 0.333. The van der Waals surface area contributed by atoms with E-state index in [2.05, 4.69) is 9.82 Å². The number of aromatic nitrogens is 2. The summed E-state index contributed by atoms with van der Waals surface area (Å²) >= 11 is 5.89. The molecule has 0 saturated heterocycles.